The summed E-state index contributed by atoms with van der Waals surface area (Å²) in [6.07, 6.45) is 1.94. The maximum Gasteiger partial charge on any atom is 0.261 e. The zero-order valence-corrected chi connectivity index (χ0v) is 11.2. The van der Waals surface area contributed by atoms with Crippen LogP contribution in [0.25, 0.3) is 0 Å². The fraction of sp³-hybridized carbons (Fsp3) is 0.545. The highest BCUT2D eigenvalue weighted by Crippen LogP contribution is 2.19. The summed E-state index contributed by atoms with van der Waals surface area (Å²) in [5.41, 5.74) is -0.822. The van der Waals surface area contributed by atoms with Crippen LogP contribution in [0.15, 0.2) is 23.4 Å². The van der Waals surface area contributed by atoms with E-state index in [2.05, 4.69) is 9.71 Å². The molecule has 1 aromatic rings. The van der Waals surface area contributed by atoms with E-state index in [9.17, 15) is 12.8 Å². The fourth-order valence-corrected chi connectivity index (χ4v) is 3.00. The first-order valence-corrected chi connectivity index (χ1v) is 7.08. The molecular formula is C11H17FN2O3S. The van der Waals surface area contributed by atoms with Crippen molar-refractivity contribution in [2.45, 2.75) is 37.3 Å². The molecule has 0 aliphatic carbocycles. The minimum Gasteiger partial charge on any atom is -0.396 e. The minimum absolute atomic E-state index is 0.155. The SMILES string of the molecule is CCC(C)(CCO)NS(=O)(=O)c1ncccc1F. The Hall–Kier alpha value is -1.05. The van der Waals surface area contributed by atoms with E-state index < -0.39 is 26.4 Å². The molecule has 0 aliphatic rings. The van der Waals surface area contributed by atoms with Gasteiger partial charge in [-0.3, -0.25) is 0 Å². The lowest BCUT2D eigenvalue weighted by Gasteiger charge is -2.28. The topological polar surface area (TPSA) is 79.3 Å². The summed E-state index contributed by atoms with van der Waals surface area (Å²) in [6.45, 7) is 3.28. The molecule has 102 valence electrons. The van der Waals surface area contributed by atoms with Crippen LogP contribution < -0.4 is 4.72 Å². The lowest BCUT2D eigenvalue weighted by molar-refractivity contribution is 0.233. The molecule has 0 fully saturated rings. The molecule has 0 bridgehead atoms. The number of halogens is 1. The Bertz CT molecular complexity index is 507. The number of aliphatic hydroxyl groups excluding tert-OH is 1. The predicted molar refractivity (Wildman–Crippen MR) is 64.9 cm³/mol. The summed E-state index contributed by atoms with van der Waals surface area (Å²) in [5, 5.41) is 8.31. The van der Waals surface area contributed by atoms with Crippen LogP contribution in [-0.4, -0.2) is 30.7 Å². The number of nitrogens with one attached hydrogen (secondary N) is 1. The van der Waals surface area contributed by atoms with Gasteiger partial charge >= 0.3 is 0 Å². The van der Waals surface area contributed by atoms with E-state index in [1.807, 2.05) is 0 Å². The molecule has 5 nitrogen and oxygen atoms in total. The summed E-state index contributed by atoms with van der Waals surface area (Å²) in [5.74, 6) is -0.896. The van der Waals surface area contributed by atoms with Crippen molar-refractivity contribution in [3.05, 3.63) is 24.1 Å². The number of aliphatic hydroxyl groups is 1. The first-order valence-electron chi connectivity index (χ1n) is 5.60. The molecule has 0 aromatic carbocycles. The summed E-state index contributed by atoms with van der Waals surface area (Å²) in [4.78, 5) is 3.54. The molecule has 1 aromatic heterocycles. The summed E-state index contributed by atoms with van der Waals surface area (Å²) >= 11 is 0. The first-order chi connectivity index (χ1) is 8.34. The molecule has 1 rings (SSSR count). The van der Waals surface area contributed by atoms with Crippen molar-refractivity contribution in [3.8, 4) is 0 Å². The van der Waals surface area contributed by atoms with E-state index in [4.69, 9.17) is 5.11 Å². The molecule has 18 heavy (non-hydrogen) atoms. The summed E-state index contributed by atoms with van der Waals surface area (Å²) in [6, 6.07) is 2.36. The van der Waals surface area contributed by atoms with Crippen molar-refractivity contribution in [3.63, 3.8) is 0 Å². The largest absolute Gasteiger partial charge is 0.396 e. The number of hydrogen-bond donors (Lipinski definition) is 2. The molecular weight excluding hydrogens is 259 g/mol. The molecule has 0 amide bonds. The highest BCUT2D eigenvalue weighted by Gasteiger charge is 2.30. The molecule has 0 aliphatic heterocycles. The molecule has 7 heteroatoms. The van der Waals surface area contributed by atoms with E-state index in [0.29, 0.717) is 6.42 Å². The molecule has 1 heterocycles. The van der Waals surface area contributed by atoms with E-state index in [1.165, 1.54) is 12.3 Å². The van der Waals surface area contributed by atoms with Crippen LogP contribution in [0.5, 0.6) is 0 Å². The second-order valence-electron chi connectivity index (χ2n) is 4.28. The fourth-order valence-electron chi connectivity index (χ4n) is 1.49. The Balaban J connectivity index is 3.06. The van der Waals surface area contributed by atoms with Crippen molar-refractivity contribution in [1.29, 1.82) is 0 Å². The standard InChI is InChI=1S/C11H17FN2O3S/c1-3-11(2,6-8-15)14-18(16,17)10-9(12)5-4-7-13-10/h4-5,7,14-15H,3,6,8H2,1-2H3. The van der Waals surface area contributed by atoms with Gasteiger partial charge in [0, 0.05) is 18.3 Å². The highest BCUT2D eigenvalue weighted by atomic mass is 32.2. The van der Waals surface area contributed by atoms with Crippen LogP contribution in [0.3, 0.4) is 0 Å². The van der Waals surface area contributed by atoms with Crippen molar-refractivity contribution in [1.82, 2.24) is 9.71 Å². The molecule has 0 spiro atoms. The van der Waals surface area contributed by atoms with Gasteiger partial charge in [-0.1, -0.05) is 6.92 Å². The normalized spacial score (nSPS) is 15.3. The number of sulfonamides is 1. The minimum atomic E-state index is -4.03. The second kappa shape index (κ2) is 5.73. The monoisotopic (exact) mass is 276 g/mol. The summed E-state index contributed by atoms with van der Waals surface area (Å²) in [7, 11) is -4.03. The molecule has 2 N–H and O–H groups in total. The van der Waals surface area contributed by atoms with Crippen LogP contribution in [0.2, 0.25) is 0 Å². The Kier molecular flexibility index (Phi) is 4.78. The van der Waals surface area contributed by atoms with E-state index in [-0.39, 0.29) is 13.0 Å². The van der Waals surface area contributed by atoms with Crippen LogP contribution >= 0.6 is 0 Å². The number of pyridine rings is 1. The van der Waals surface area contributed by atoms with Gasteiger partial charge in [0.2, 0.25) is 5.03 Å². The quantitative estimate of drug-likeness (QED) is 0.814. The molecule has 0 saturated heterocycles. The van der Waals surface area contributed by atoms with Gasteiger partial charge in [0.05, 0.1) is 0 Å². The van der Waals surface area contributed by atoms with Gasteiger partial charge in [-0.25, -0.2) is 22.5 Å². The van der Waals surface area contributed by atoms with Gasteiger partial charge in [0.25, 0.3) is 10.0 Å². The summed E-state index contributed by atoms with van der Waals surface area (Å²) < 4.78 is 39.8. The third-order valence-corrected chi connectivity index (χ3v) is 4.37. The van der Waals surface area contributed by atoms with Crippen molar-refractivity contribution >= 4 is 10.0 Å². The average Bonchev–Trinajstić information content (AvgIpc) is 2.29. The Morgan fingerprint density at radius 3 is 2.72 bits per heavy atom. The Morgan fingerprint density at radius 2 is 2.22 bits per heavy atom. The van der Waals surface area contributed by atoms with Crippen molar-refractivity contribution < 1.29 is 17.9 Å². The van der Waals surface area contributed by atoms with Crippen molar-refractivity contribution in [2.24, 2.45) is 0 Å². The van der Waals surface area contributed by atoms with Crippen molar-refractivity contribution in [2.75, 3.05) is 6.61 Å². The Labute approximate surface area is 106 Å². The van der Waals surface area contributed by atoms with E-state index >= 15 is 0 Å². The van der Waals surface area contributed by atoms with Crippen LogP contribution in [-0.2, 0) is 10.0 Å². The predicted octanol–water partition coefficient (Wildman–Crippen LogP) is 1.05. The number of nitrogens with zero attached hydrogens (tertiary/aromatic N) is 1. The molecule has 1 atom stereocenters. The van der Waals surface area contributed by atoms with Gasteiger partial charge < -0.3 is 5.11 Å². The lowest BCUT2D eigenvalue weighted by Crippen LogP contribution is -2.46. The van der Waals surface area contributed by atoms with Gasteiger partial charge in [-0.15, -0.1) is 0 Å². The lowest BCUT2D eigenvalue weighted by atomic mass is 9.97. The molecule has 1 unspecified atom stereocenters. The van der Waals surface area contributed by atoms with Crippen LogP contribution in [0.1, 0.15) is 26.7 Å². The maximum absolute atomic E-state index is 13.4. The van der Waals surface area contributed by atoms with Crippen LogP contribution in [0.4, 0.5) is 4.39 Å². The van der Waals surface area contributed by atoms with E-state index in [0.717, 1.165) is 6.07 Å². The number of rotatable bonds is 6. The second-order valence-corrected chi connectivity index (χ2v) is 5.88. The Morgan fingerprint density at radius 1 is 1.56 bits per heavy atom. The third kappa shape index (κ3) is 3.47. The number of aromatic nitrogens is 1. The molecule has 0 saturated carbocycles. The van der Waals surface area contributed by atoms with Gasteiger partial charge in [0.1, 0.15) is 0 Å². The number of hydrogen-bond acceptors (Lipinski definition) is 4. The third-order valence-electron chi connectivity index (χ3n) is 2.80. The average molecular weight is 276 g/mol. The molecule has 0 radical (unpaired) electrons. The zero-order chi connectivity index (χ0) is 13.8. The maximum atomic E-state index is 13.4. The smallest absolute Gasteiger partial charge is 0.261 e. The van der Waals surface area contributed by atoms with Crippen LogP contribution in [0, 0.1) is 5.82 Å². The van der Waals surface area contributed by atoms with E-state index in [1.54, 1.807) is 13.8 Å². The zero-order valence-electron chi connectivity index (χ0n) is 10.4. The van der Waals surface area contributed by atoms with Gasteiger partial charge in [-0.2, -0.15) is 0 Å². The van der Waals surface area contributed by atoms with Gasteiger partial charge in [0.15, 0.2) is 5.82 Å². The first kappa shape index (κ1) is 15.0. The highest BCUT2D eigenvalue weighted by molar-refractivity contribution is 7.89. The van der Waals surface area contributed by atoms with Gasteiger partial charge in [-0.05, 0) is 31.9 Å².